The second-order valence-corrected chi connectivity index (χ2v) is 8.47. The van der Waals surface area contributed by atoms with Crippen LogP contribution in [0.25, 0.3) is 11.3 Å². The van der Waals surface area contributed by atoms with Crippen molar-refractivity contribution in [2.75, 3.05) is 26.7 Å². The van der Waals surface area contributed by atoms with Gasteiger partial charge < -0.3 is 10.1 Å². The fourth-order valence-corrected chi connectivity index (χ4v) is 4.47. The number of nitrogens with one attached hydrogen (secondary N) is 1. The molecule has 0 amide bonds. The Morgan fingerprint density at radius 2 is 1.94 bits per heavy atom. The van der Waals surface area contributed by atoms with Crippen molar-refractivity contribution in [2.45, 2.75) is 45.2 Å². The average molecular weight is 431 g/mol. The van der Waals surface area contributed by atoms with Gasteiger partial charge in [-0.1, -0.05) is 37.3 Å². The standard InChI is InChI=1S/C27H34N4O/c1-3-31(24-13-15-28-19-24)20-22-9-4-10-23(17-22)26-14-16-29-27(30-26)12-6-8-21-7-5-11-25(18-21)32-2/h4-5,7,9-11,14,16-18,24,28H,3,6,8,12-13,15,19-20H2,1-2H3. The first kappa shape index (κ1) is 22.4. The Labute approximate surface area is 191 Å². The zero-order valence-corrected chi connectivity index (χ0v) is 19.3. The van der Waals surface area contributed by atoms with E-state index in [-0.39, 0.29) is 0 Å². The minimum Gasteiger partial charge on any atom is -0.497 e. The number of nitrogens with zero attached hydrogens (tertiary/aromatic N) is 3. The predicted molar refractivity (Wildman–Crippen MR) is 130 cm³/mol. The monoisotopic (exact) mass is 430 g/mol. The highest BCUT2D eigenvalue weighted by Gasteiger charge is 2.21. The number of ether oxygens (including phenoxy) is 1. The number of aryl methyl sites for hydroxylation is 2. The third kappa shape index (κ3) is 5.93. The maximum absolute atomic E-state index is 5.32. The van der Waals surface area contributed by atoms with Crippen LogP contribution in [0.15, 0.2) is 60.8 Å². The van der Waals surface area contributed by atoms with E-state index < -0.39 is 0 Å². The van der Waals surface area contributed by atoms with Crippen molar-refractivity contribution in [2.24, 2.45) is 0 Å². The lowest BCUT2D eigenvalue weighted by Crippen LogP contribution is -2.36. The topological polar surface area (TPSA) is 50.3 Å². The van der Waals surface area contributed by atoms with Gasteiger partial charge in [0, 0.05) is 37.3 Å². The molecule has 0 saturated carbocycles. The van der Waals surface area contributed by atoms with E-state index in [4.69, 9.17) is 9.72 Å². The Kier molecular flexibility index (Phi) is 7.86. The lowest BCUT2D eigenvalue weighted by Gasteiger charge is -2.27. The molecule has 32 heavy (non-hydrogen) atoms. The molecule has 1 N–H and O–H groups in total. The highest BCUT2D eigenvalue weighted by atomic mass is 16.5. The van der Waals surface area contributed by atoms with Crippen molar-refractivity contribution < 1.29 is 4.74 Å². The van der Waals surface area contributed by atoms with E-state index in [9.17, 15) is 0 Å². The Balaban J connectivity index is 1.39. The third-order valence-electron chi connectivity index (χ3n) is 6.27. The highest BCUT2D eigenvalue weighted by Crippen LogP contribution is 2.21. The van der Waals surface area contributed by atoms with E-state index >= 15 is 0 Å². The van der Waals surface area contributed by atoms with E-state index in [1.54, 1.807) is 7.11 Å². The molecule has 1 aromatic heterocycles. The van der Waals surface area contributed by atoms with Crippen LogP contribution < -0.4 is 10.1 Å². The number of hydrogen-bond acceptors (Lipinski definition) is 5. The summed E-state index contributed by atoms with van der Waals surface area (Å²) < 4.78 is 5.32. The maximum Gasteiger partial charge on any atom is 0.128 e. The first-order valence-corrected chi connectivity index (χ1v) is 11.7. The van der Waals surface area contributed by atoms with Gasteiger partial charge in [-0.15, -0.1) is 0 Å². The molecule has 4 rings (SSSR count). The second kappa shape index (κ2) is 11.2. The Morgan fingerprint density at radius 1 is 1.06 bits per heavy atom. The molecule has 0 spiro atoms. The number of rotatable bonds is 10. The van der Waals surface area contributed by atoms with Crippen LogP contribution in [0.3, 0.4) is 0 Å². The molecule has 5 nitrogen and oxygen atoms in total. The van der Waals surface area contributed by atoms with Crippen LogP contribution in [-0.2, 0) is 19.4 Å². The van der Waals surface area contributed by atoms with Gasteiger partial charge in [0.25, 0.3) is 0 Å². The summed E-state index contributed by atoms with van der Waals surface area (Å²) in [6, 6.07) is 19.7. The largest absolute Gasteiger partial charge is 0.497 e. The van der Waals surface area contributed by atoms with Crippen LogP contribution in [0.2, 0.25) is 0 Å². The molecule has 0 radical (unpaired) electrons. The molecule has 1 unspecified atom stereocenters. The Morgan fingerprint density at radius 3 is 2.75 bits per heavy atom. The zero-order valence-electron chi connectivity index (χ0n) is 19.3. The van der Waals surface area contributed by atoms with Gasteiger partial charge in [-0.3, -0.25) is 4.90 Å². The van der Waals surface area contributed by atoms with Crippen LogP contribution in [0.1, 0.15) is 36.7 Å². The predicted octanol–water partition coefficient (Wildman–Crippen LogP) is 4.51. The fourth-order valence-electron chi connectivity index (χ4n) is 4.47. The molecule has 1 fully saturated rings. The van der Waals surface area contributed by atoms with Gasteiger partial charge in [0.2, 0.25) is 0 Å². The summed E-state index contributed by atoms with van der Waals surface area (Å²) in [5, 5.41) is 3.48. The lowest BCUT2D eigenvalue weighted by atomic mass is 10.1. The first-order valence-electron chi connectivity index (χ1n) is 11.7. The number of aromatic nitrogens is 2. The normalized spacial score (nSPS) is 15.9. The van der Waals surface area contributed by atoms with Crippen molar-refractivity contribution in [3.05, 3.63) is 77.7 Å². The number of methoxy groups -OCH3 is 1. The van der Waals surface area contributed by atoms with E-state index in [0.29, 0.717) is 6.04 Å². The first-order chi connectivity index (χ1) is 15.7. The average Bonchev–Trinajstić information content (AvgIpc) is 3.38. The van der Waals surface area contributed by atoms with Gasteiger partial charge in [-0.05, 0) is 67.7 Å². The van der Waals surface area contributed by atoms with Crippen molar-refractivity contribution in [1.82, 2.24) is 20.2 Å². The Hall–Kier alpha value is -2.76. The van der Waals surface area contributed by atoms with E-state index in [2.05, 4.69) is 58.5 Å². The smallest absolute Gasteiger partial charge is 0.128 e. The Bertz CT molecular complexity index is 1000. The molecule has 0 aliphatic carbocycles. The molecule has 2 heterocycles. The molecule has 3 aromatic rings. The van der Waals surface area contributed by atoms with Crippen LogP contribution in [-0.4, -0.2) is 47.7 Å². The van der Waals surface area contributed by atoms with Gasteiger partial charge in [-0.2, -0.15) is 0 Å². The second-order valence-electron chi connectivity index (χ2n) is 8.47. The SMILES string of the molecule is CCN(Cc1cccc(-c2ccnc(CCCc3cccc(OC)c3)n2)c1)C1CCNC1. The quantitative estimate of drug-likeness (QED) is 0.513. The van der Waals surface area contributed by atoms with E-state index in [1.165, 1.54) is 23.1 Å². The minimum absolute atomic E-state index is 0.638. The molecule has 1 saturated heterocycles. The van der Waals surface area contributed by atoms with Crippen LogP contribution in [0.4, 0.5) is 0 Å². The summed E-state index contributed by atoms with van der Waals surface area (Å²) >= 11 is 0. The molecule has 1 aliphatic heterocycles. The molecule has 1 atom stereocenters. The molecule has 2 aromatic carbocycles. The zero-order chi connectivity index (χ0) is 22.2. The van der Waals surface area contributed by atoms with Gasteiger partial charge in [-0.25, -0.2) is 9.97 Å². The van der Waals surface area contributed by atoms with Gasteiger partial charge >= 0.3 is 0 Å². The highest BCUT2D eigenvalue weighted by molar-refractivity contribution is 5.59. The number of benzene rings is 2. The van der Waals surface area contributed by atoms with Crippen molar-refractivity contribution >= 4 is 0 Å². The van der Waals surface area contributed by atoms with Crippen LogP contribution in [0, 0.1) is 0 Å². The molecule has 5 heteroatoms. The minimum atomic E-state index is 0.638. The summed E-state index contributed by atoms with van der Waals surface area (Å²) in [6.45, 7) is 6.53. The summed E-state index contributed by atoms with van der Waals surface area (Å²) in [5.74, 6) is 1.81. The molecule has 1 aliphatic rings. The molecule has 0 bridgehead atoms. The third-order valence-corrected chi connectivity index (χ3v) is 6.27. The van der Waals surface area contributed by atoms with Crippen LogP contribution >= 0.6 is 0 Å². The van der Waals surface area contributed by atoms with Crippen molar-refractivity contribution in [1.29, 1.82) is 0 Å². The van der Waals surface area contributed by atoms with E-state index in [0.717, 1.165) is 62.7 Å². The number of likely N-dealkylation sites (N-methyl/N-ethyl adjacent to an activating group) is 1. The van der Waals surface area contributed by atoms with Gasteiger partial charge in [0.1, 0.15) is 11.6 Å². The molecular weight excluding hydrogens is 396 g/mol. The fraction of sp³-hybridized carbons (Fsp3) is 0.407. The summed E-state index contributed by atoms with van der Waals surface area (Å²) in [6.07, 6.45) is 5.99. The van der Waals surface area contributed by atoms with Gasteiger partial charge in [0.15, 0.2) is 0 Å². The van der Waals surface area contributed by atoms with Crippen molar-refractivity contribution in [3.8, 4) is 17.0 Å². The summed E-state index contributed by atoms with van der Waals surface area (Å²) in [4.78, 5) is 12.0. The summed E-state index contributed by atoms with van der Waals surface area (Å²) in [5.41, 5.74) is 4.80. The summed E-state index contributed by atoms with van der Waals surface area (Å²) in [7, 11) is 1.71. The van der Waals surface area contributed by atoms with Crippen LogP contribution in [0.5, 0.6) is 5.75 Å². The lowest BCUT2D eigenvalue weighted by molar-refractivity contribution is 0.210. The maximum atomic E-state index is 5.32. The van der Waals surface area contributed by atoms with Gasteiger partial charge in [0.05, 0.1) is 12.8 Å². The van der Waals surface area contributed by atoms with E-state index in [1.807, 2.05) is 24.4 Å². The number of hydrogen-bond donors (Lipinski definition) is 1. The van der Waals surface area contributed by atoms with Crippen molar-refractivity contribution in [3.63, 3.8) is 0 Å². The molecule has 168 valence electrons. The molecular formula is C27H34N4O.